The van der Waals surface area contributed by atoms with Crippen LogP contribution in [0.1, 0.15) is 51.1 Å². The van der Waals surface area contributed by atoms with Gasteiger partial charge in [0.1, 0.15) is 5.82 Å². The standard InChI is InChI=1S/C24H29ClN2O2S/c1-3-4-5-6-7-8-9-21-18-27(22-14-12-20(25)13-15-22)24(26-21)19-10-16-23(17-11-19)30(2,28)29/h10-18H,3-9H2,1-2H3. The first-order valence-corrected chi connectivity index (χ1v) is 12.8. The van der Waals surface area contributed by atoms with E-state index < -0.39 is 9.84 Å². The van der Waals surface area contributed by atoms with Crippen LogP contribution in [0.3, 0.4) is 0 Å². The van der Waals surface area contributed by atoms with Crippen LogP contribution in [-0.4, -0.2) is 24.2 Å². The minimum absolute atomic E-state index is 0.308. The van der Waals surface area contributed by atoms with E-state index in [1.165, 1.54) is 38.4 Å². The van der Waals surface area contributed by atoms with Crippen LogP contribution in [0.15, 0.2) is 59.6 Å². The van der Waals surface area contributed by atoms with Gasteiger partial charge in [0.25, 0.3) is 0 Å². The van der Waals surface area contributed by atoms with Crippen LogP contribution >= 0.6 is 11.6 Å². The fourth-order valence-corrected chi connectivity index (χ4v) is 4.25. The van der Waals surface area contributed by atoms with Crippen LogP contribution in [-0.2, 0) is 16.3 Å². The SMILES string of the molecule is CCCCCCCCc1cn(-c2ccc(Cl)cc2)c(-c2ccc(S(C)(=O)=O)cc2)n1. The molecule has 0 saturated heterocycles. The molecule has 0 saturated carbocycles. The number of halogens is 1. The number of hydrogen-bond acceptors (Lipinski definition) is 3. The number of sulfone groups is 1. The summed E-state index contributed by atoms with van der Waals surface area (Å²) in [6.45, 7) is 2.23. The third-order valence-corrected chi connectivity index (χ3v) is 6.57. The summed E-state index contributed by atoms with van der Waals surface area (Å²) in [6, 6.07) is 14.6. The quantitative estimate of drug-likeness (QED) is 0.335. The Morgan fingerprint density at radius 3 is 2.17 bits per heavy atom. The van der Waals surface area contributed by atoms with Gasteiger partial charge in [-0.25, -0.2) is 13.4 Å². The predicted molar refractivity (Wildman–Crippen MR) is 124 cm³/mol. The van der Waals surface area contributed by atoms with E-state index >= 15 is 0 Å². The first-order valence-electron chi connectivity index (χ1n) is 10.5. The highest BCUT2D eigenvalue weighted by molar-refractivity contribution is 7.90. The molecule has 0 fully saturated rings. The zero-order chi connectivity index (χ0) is 21.6. The van der Waals surface area contributed by atoms with E-state index in [4.69, 9.17) is 16.6 Å². The second kappa shape index (κ2) is 10.3. The molecule has 0 aliphatic heterocycles. The average Bonchev–Trinajstić information content (AvgIpc) is 3.15. The maximum atomic E-state index is 11.8. The van der Waals surface area contributed by atoms with Gasteiger partial charge in [-0.05, 0) is 61.4 Å². The van der Waals surface area contributed by atoms with Gasteiger partial charge in [0.15, 0.2) is 9.84 Å². The summed E-state index contributed by atoms with van der Waals surface area (Å²) in [4.78, 5) is 5.19. The number of nitrogens with zero attached hydrogens (tertiary/aromatic N) is 2. The lowest BCUT2D eigenvalue weighted by Gasteiger charge is -2.08. The number of hydrogen-bond donors (Lipinski definition) is 0. The molecule has 0 radical (unpaired) electrons. The van der Waals surface area contributed by atoms with Crippen molar-refractivity contribution in [3.63, 3.8) is 0 Å². The Bertz CT molecular complexity index is 1060. The highest BCUT2D eigenvalue weighted by Gasteiger charge is 2.14. The highest BCUT2D eigenvalue weighted by Crippen LogP contribution is 2.26. The summed E-state index contributed by atoms with van der Waals surface area (Å²) in [5.41, 5.74) is 2.90. The number of imidazole rings is 1. The van der Waals surface area contributed by atoms with Crippen molar-refractivity contribution >= 4 is 21.4 Å². The predicted octanol–water partition coefficient (Wildman–Crippen LogP) is 6.50. The monoisotopic (exact) mass is 444 g/mol. The van der Waals surface area contributed by atoms with E-state index in [1.807, 2.05) is 36.4 Å². The molecule has 0 N–H and O–H groups in total. The van der Waals surface area contributed by atoms with Crippen molar-refractivity contribution in [3.05, 3.63) is 65.4 Å². The lowest BCUT2D eigenvalue weighted by molar-refractivity contribution is 0.602. The summed E-state index contributed by atoms with van der Waals surface area (Å²) < 4.78 is 25.6. The molecule has 0 unspecified atom stereocenters. The smallest absolute Gasteiger partial charge is 0.175 e. The average molecular weight is 445 g/mol. The second-order valence-corrected chi connectivity index (χ2v) is 10.2. The summed E-state index contributed by atoms with van der Waals surface area (Å²) in [7, 11) is -3.23. The van der Waals surface area contributed by atoms with Gasteiger partial charge < -0.3 is 0 Å². The molecule has 30 heavy (non-hydrogen) atoms. The molecule has 0 atom stereocenters. The van der Waals surface area contributed by atoms with Gasteiger partial charge >= 0.3 is 0 Å². The number of benzene rings is 2. The third-order valence-electron chi connectivity index (χ3n) is 5.19. The lowest BCUT2D eigenvalue weighted by atomic mass is 10.1. The Morgan fingerprint density at radius 2 is 1.53 bits per heavy atom. The van der Waals surface area contributed by atoms with E-state index in [2.05, 4.69) is 17.7 Å². The topological polar surface area (TPSA) is 52.0 Å². The van der Waals surface area contributed by atoms with Crippen LogP contribution in [0.2, 0.25) is 5.02 Å². The van der Waals surface area contributed by atoms with E-state index in [-0.39, 0.29) is 0 Å². The maximum absolute atomic E-state index is 11.8. The van der Waals surface area contributed by atoms with Gasteiger partial charge in [0.05, 0.1) is 10.6 Å². The van der Waals surface area contributed by atoms with Crippen LogP contribution < -0.4 is 0 Å². The Kier molecular flexibility index (Phi) is 7.73. The molecule has 0 amide bonds. The molecule has 2 aromatic carbocycles. The van der Waals surface area contributed by atoms with Crippen molar-refractivity contribution in [1.82, 2.24) is 9.55 Å². The number of unbranched alkanes of at least 4 members (excludes halogenated alkanes) is 5. The zero-order valence-corrected chi connectivity index (χ0v) is 19.2. The van der Waals surface area contributed by atoms with Crippen molar-refractivity contribution in [1.29, 1.82) is 0 Å². The first-order chi connectivity index (χ1) is 14.4. The van der Waals surface area contributed by atoms with E-state index in [1.54, 1.807) is 12.1 Å². The van der Waals surface area contributed by atoms with Gasteiger partial charge in [0.2, 0.25) is 0 Å². The van der Waals surface area contributed by atoms with Crippen molar-refractivity contribution in [2.45, 2.75) is 56.8 Å². The van der Waals surface area contributed by atoms with Crippen molar-refractivity contribution in [2.75, 3.05) is 6.26 Å². The largest absolute Gasteiger partial charge is 0.300 e. The van der Waals surface area contributed by atoms with Gasteiger partial charge in [-0.1, -0.05) is 50.6 Å². The Labute approximate surface area is 184 Å². The molecule has 3 aromatic rings. The van der Waals surface area contributed by atoms with Gasteiger partial charge in [0, 0.05) is 28.7 Å². The van der Waals surface area contributed by atoms with E-state index in [9.17, 15) is 8.42 Å². The van der Waals surface area contributed by atoms with Gasteiger partial charge in [-0.3, -0.25) is 4.57 Å². The molecule has 4 nitrogen and oxygen atoms in total. The third kappa shape index (κ3) is 5.96. The molecule has 0 spiro atoms. The normalized spacial score (nSPS) is 11.7. The van der Waals surface area contributed by atoms with Crippen LogP contribution in [0.5, 0.6) is 0 Å². The summed E-state index contributed by atoms with van der Waals surface area (Å²) in [5.74, 6) is 0.804. The minimum atomic E-state index is -3.23. The second-order valence-electron chi connectivity index (χ2n) is 7.72. The summed E-state index contributed by atoms with van der Waals surface area (Å²) in [6.07, 6.45) is 11.7. The zero-order valence-electron chi connectivity index (χ0n) is 17.6. The molecule has 0 aliphatic rings. The van der Waals surface area contributed by atoms with Gasteiger partial charge in [-0.15, -0.1) is 0 Å². The van der Waals surface area contributed by atoms with E-state index in [0.29, 0.717) is 9.92 Å². The maximum Gasteiger partial charge on any atom is 0.175 e. The number of aromatic nitrogens is 2. The van der Waals surface area contributed by atoms with Crippen LogP contribution in [0, 0.1) is 0 Å². The number of rotatable bonds is 10. The molecule has 160 valence electrons. The molecular formula is C24H29ClN2O2S. The Hall–Kier alpha value is -2.11. The Balaban J connectivity index is 1.86. The highest BCUT2D eigenvalue weighted by atomic mass is 35.5. The molecule has 0 bridgehead atoms. The molecular weight excluding hydrogens is 416 g/mol. The fraction of sp³-hybridized carbons (Fsp3) is 0.375. The molecule has 0 aliphatic carbocycles. The Morgan fingerprint density at radius 1 is 0.900 bits per heavy atom. The minimum Gasteiger partial charge on any atom is -0.300 e. The summed E-state index contributed by atoms with van der Waals surface area (Å²) in [5, 5.41) is 0.685. The number of aryl methyl sites for hydroxylation is 1. The first kappa shape index (κ1) is 22.6. The lowest BCUT2D eigenvalue weighted by Crippen LogP contribution is -1.98. The molecule has 1 heterocycles. The molecule has 3 rings (SSSR count). The van der Waals surface area contributed by atoms with E-state index in [0.717, 1.165) is 35.6 Å². The van der Waals surface area contributed by atoms with Crippen molar-refractivity contribution in [2.24, 2.45) is 0 Å². The molecule has 1 aromatic heterocycles. The molecule has 6 heteroatoms. The van der Waals surface area contributed by atoms with Crippen LogP contribution in [0.4, 0.5) is 0 Å². The van der Waals surface area contributed by atoms with Gasteiger partial charge in [-0.2, -0.15) is 0 Å². The summed E-state index contributed by atoms with van der Waals surface area (Å²) >= 11 is 6.06. The van der Waals surface area contributed by atoms with Crippen molar-refractivity contribution < 1.29 is 8.42 Å². The van der Waals surface area contributed by atoms with Crippen LogP contribution in [0.25, 0.3) is 17.1 Å². The van der Waals surface area contributed by atoms with Crippen molar-refractivity contribution in [3.8, 4) is 17.1 Å². The fourth-order valence-electron chi connectivity index (χ4n) is 3.49.